The van der Waals surface area contributed by atoms with Gasteiger partial charge in [0, 0.05) is 28.8 Å². The predicted octanol–water partition coefficient (Wildman–Crippen LogP) is 2.92. The van der Waals surface area contributed by atoms with Crippen molar-refractivity contribution in [3.63, 3.8) is 0 Å². The van der Waals surface area contributed by atoms with Crippen LogP contribution in [0.25, 0.3) is 0 Å². The van der Waals surface area contributed by atoms with Crippen LogP contribution in [0, 0.1) is 0 Å². The molecule has 3 heteroatoms. The zero-order valence-electron chi connectivity index (χ0n) is 10.1. The first-order chi connectivity index (χ1) is 7.55. The van der Waals surface area contributed by atoms with Crippen LogP contribution >= 0.6 is 11.6 Å². The molecular weight excluding hydrogens is 220 g/mol. The van der Waals surface area contributed by atoms with Gasteiger partial charge in [0.25, 0.3) is 0 Å². The van der Waals surface area contributed by atoms with Crippen LogP contribution in [0.5, 0.6) is 0 Å². The molecule has 0 saturated carbocycles. The number of halogens is 1. The molecule has 1 atom stereocenters. The van der Waals surface area contributed by atoms with Crippen molar-refractivity contribution < 1.29 is 0 Å². The summed E-state index contributed by atoms with van der Waals surface area (Å²) in [6.45, 7) is 5.67. The SMILES string of the molecule is CNC1CCN(c2ccc(Cl)cc2)C1(C)C. The molecule has 1 aliphatic rings. The largest absolute Gasteiger partial charge is 0.365 e. The van der Waals surface area contributed by atoms with E-state index in [1.54, 1.807) is 0 Å². The zero-order valence-corrected chi connectivity index (χ0v) is 10.9. The van der Waals surface area contributed by atoms with E-state index in [1.807, 2.05) is 19.2 Å². The van der Waals surface area contributed by atoms with Gasteiger partial charge in [0.1, 0.15) is 0 Å². The van der Waals surface area contributed by atoms with Crippen molar-refractivity contribution >= 4 is 17.3 Å². The smallest absolute Gasteiger partial charge is 0.0499 e. The summed E-state index contributed by atoms with van der Waals surface area (Å²) >= 11 is 5.91. The van der Waals surface area contributed by atoms with Crippen LogP contribution in [0.1, 0.15) is 20.3 Å². The lowest BCUT2D eigenvalue weighted by Gasteiger charge is -2.37. The van der Waals surface area contributed by atoms with Crippen molar-refractivity contribution in [1.82, 2.24) is 5.32 Å². The summed E-state index contributed by atoms with van der Waals surface area (Å²) in [4.78, 5) is 2.45. The first kappa shape index (κ1) is 11.7. The van der Waals surface area contributed by atoms with Gasteiger partial charge in [-0.1, -0.05) is 11.6 Å². The number of benzene rings is 1. The molecule has 1 unspecified atom stereocenters. The van der Waals surface area contributed by atoms with E-state index in [4.69, 9.17) is 11.6 Å². The Hall–Kier alpha value is -0.730. The fraction of sp³-hybridized carbons (Fsp3) is 0.538. The molecule has 2 nitrogen and oxygen atoms in total. The van der Waals surface area contributed by atoms with Crippen molar-refractivity contribution in [2.75, 3.05) is 18.5 Å². The maximum Gasteiger partial charge on any atom is 0.0499 e. The summed E-state index contributed by atoms with van der Waals surface area (Å²) in [5.41, 5.74) is 1.41. The van der Waals surface area contributed by atoms with Crippen molar-refractivity contribution in [3.05, 3.63) is 29.3 Å². The number of rotatable bonds is 2. The lowest BCUT2D eigenvalue weighted by atomic mass is 9.95. The first-order valence-electron chi connectivity index (χ1n) is 5.76. The Morgan fingerprint density at radius 3 is 2.44 bits per heavy atom. The van der Waals surface area contributed by atoms with Crippen LogP contribution in [0.4, 0.5) is 5.69 Å². The van der Waals surface area contributed by atoms with Crippen LogP contribution in [0.15, 0.2) is 24.3 Å². The maximum atomic E-state index is 5.91. The molecule has 1 aliphatic heterocycles. The highest BCUT2D eigenvalue weighted by Crippen LogP contribution is 2.34. The number of nitrogens with zero attached hydrogens (tertiary/aromatic N) is 1. The van der Waals surface area contributed by atoms with Crippen molar-refractivity contribution in [3.8, 4) is 0 Å². The van der Waals surface area contributed by atoms with Gasteiger partial charge in [0.05, 0.1) is 0 Å². The molecule has 1 aromatic carbocycles. The minimum Gasteiger partial charge on any atom is -0.365 e. The molecule has 0 bridgehead atoms. The first-order valence-corrected chi connectivity index (χ1v) is 6.14. The highest BCUT2D eigenvalue weighted by molar-refractivity contribution is 6.30. The van der Waals surface area contributed by atoms with Gasteiger partial charge in [0.2, 0.25) is 0 Å². The van der Waals surface area contributed by atoms with Gasteiger partial charge >= 0.3 is 0 Å². The standard InChI is InChI=1S/C13H19ClN2/c1-13(2)12(15-3)8-9-16(13)11-6-4-10(14)5-7-11/h4-7,12,15H,8-9H2,1-3H3. The Bertz CT molecular complexity index is 359. The summed E-state index contributed by atoms with van der Waals surface area (Å²) in [5.74, 6) is 0. The fourth-order valence-electron chi connectivity index (χ4n) is 2.67. The second-order valence-corrected chi connectivity index (χ2v) is 5.35. The Kier molecular flexibility index (Phi) is 3.13. The number of hydrogen-bond donors (Lipinski definition) is 1. The summed E-state index contributed by atoms with van der Waals surface area (Å²) in [5, 5.41) is 4.19. The minimum atomic E-state index is 0.155. The van der Waals surface area contributed by atoms with Crippen LogP contribution in [-0.2, 0) is 0 Å². The Morgan fingerprint density at radius 2 is 1.94 bits per heavy atom. The van der Waals surface area contributed by atoms with Crippen LogP contribution in [0.3, 0.4) is 0 Å². The van der Waals surface area contributed by atoms with Gasteiger partial charge in [-0.3, -0.25) is 0 Å². The van der Waals surface area contributed by atoms with Gasteiger partial charge in [-0.25, -0.2) is 0 Å². The van der Waals surface area contributed by atoms with E-state index >= 15 is 0 Å². The highest BCUT2D eigenvalue weighted by atomic mass is 35.5. The van der Waals surface area contributed by atoms with Crippen LogP contribution < -0.4 is 10.2 Å². The number of hydrogen-bond acceptors (Lipinski definition) is 2. The van der Waals surface area contributed by atoms with E-state index in [0.717, 1.165) is 11.6 Å². The Morgan fingerprint density at radius 1 is 1.31 bits per heavy atom. The van der Waals surface area contributed by atoms with E-state index in [1.165, 1.54) is 12.1 Å². The van der Waals surface area contributed by atoms with E-state index in [-0.39, 0.29) is 5.54 Å². The molecule has 1 saturated heterocycles. The van der Waals surface area contributed by atoms with Crippen molar-refractivity contribution in [1.29, 1.82) is 0 Å². The normalized spacial score (nSPS) is 23.8. The van der Waals surface area contributed by atoms with Gasteiger partial charge < -0.3 is 10.2 Å². The van der Waals surface area contributed by atoms with Crippen molar-refractivity contribution in [2.24, 2.45) is 0 Å². The lowest BCUT2D eigenvalue weighted by Crippen LogP contribution is -2.50. The highest BCUT2D eigenvalue weighted by Gasteiger charge is 2.40. The molecule has 0 spiro atoms. The fourth-order valence-corrected chi connectivity index (χ4v) is 2.79. The van der Waals surface area contributed by atoms with Gasteiger partial charge in [-0.05, 0) is 51.6 Å². The third-order valence-corrected chi connectivity index (χ3v) is 3.93. The second kappa shape index (κ2) is 4.27. The zero-order chi connectivity index (χ0) is 11.8. The molecular formula is C13H19ClN2. The molecule has 1 aromatic rings. The van der Waals surface area contributed by atoms with E-state index < -0.39 is 0 Å². The van der Waals surface area contributed by atoms with E-state index in [0.29, 0.717) is 6.04 Å². The van der Waals surface area contributed by atoms with Gasteiger partial charge in [0.15, 0.2) is 0 Å². The summed E-state index contributed by atoms with van der Waals surface area (Å²) in [7, 11) is 2.04. The lowest BCUT2D eigenvalue weighted by molar-refractivity contribution is 0.403. The molecule has 16 heavy (non-hydrogen) atoms. The molecule has 2 rings (SSSR count). The van der Waals surface area contributed by atoms with Gasteiger partial charge in [-0.15, -0.1) is 0 Å². The number of nitrogens with one attached hydrogen (secondary N) is 1. The summed E-state index contributed by atoms with van der Waals surface area (Å²) in [6.07, 6.45) is 1.19. The monoisotopic (exact) mass is 238 g/mol. The topological polar surface area (TPSA) is 15.3 Å². The third-order valence-electron chi connectivity index (χ3n) is 3.68. The molecule has 1 heterocycles. The minimum absolute atomic E-state index is 0.155. The maximum absolute atomic E-state index is 5.91. The van der Waals surface area contributed by atoms with Crippen LogP contribution in [-0.4, -0.2) is 25.2 Å². The molecule has 0 radical (unpaired) electrons. The number of likely N-dealkylation sites (N-methyl/N-ethyl adjacent to an activating group) is 1. The van der Waals surface area contributed by atoms with E-state index in [9.17, 15) is 0 Å². The van der Waals surface area contributed by atoms with Crippen LogP contribution in [0.2, 0.25) is 5.02 Å². The number of anilines is 1. The van der Waals surface area contributed by atoms with E-state index in [2.05, 4.69) is 36.2 Å². The Labute approximate surface area is 103 Å². The molecule has 1 fully saturated rings. The quantitative estimate of drug-likeness (QED) is 0.853. The van der Waals surface area contributed by atoms with Crippen molar-refractivity contribution in [2.45, 2.75) is 31.8 Å². The summed E-state index contributed by atoms with van der Waals surface area (Å²) in [6, 6.07) is 8.66. The molecule has 88 valence electrons. The predicted molar refractivity (Wildman–Crippen MR) is 70.3 cm³/mol. The molecule has 0 amide bonds. The molecule has 0 aliphatic carbocycles. The average Bonchev–Trinajstić information content (AvgIpc) is 2.54. The second-order valence-electron chi connectivity index (χ2n) is 4.91. The molecule has 1 N–H and O–H groups in total. The Balaban J connectivity index is 2.26. The average molecular weight is 239 g/mol. The molecule has 0 aromatic heterocycles. The van der Waals surface area contributed by atoms with Gasteiger partial charge in [-0.2, -0.15) is 0 Å². The summed E-state index contributed by atoms with van der Waals surface area (Å²) < 4.78 is 0. The third kappa shape index (κ3) is 1.92.